The highest BCUT2D eigenvalue weighted by atomic mass is 16.7. The monoisotopic (exact) mass is 682 g/mol. The van der Waals surface area contributed by atoms with Gasteiger partial charge in [0.15, 0.2) is 17.9 Å². The third kappa shape index (κ3) is 6.11. The summed E-state index contributed by atoms with van der Waals surface area (Å²) in [5, 5.41) is 50.2. The number of carbonyl (C=O) groups excluding carboxylic acids is 4. The Morgan fingerprint density at radius 3 is 2.43 bits per heavy atom. The van der Waals surface area contributed by atoms with Crippen LogP contribution in [-0.2, 0) is 38.1 Å². The Morgan fingerprint density at radius 1 is 1.02 bits per heavy atom. The molecule has 0 spiro atoms. The number of ether oxygens (including phenoxy) is 4. The second kappa shape index (κ2) is 13.6. The summed E-state index contributed by atoms with van der Waals surface area (Å²) in [5.74, 6) is -4.05. The maximum absolute atomic E-state index is 13.8. The molecule has 0 radical (unpaired) electrons. The van der Waals surface area contributed by atoms with Crippen molar-refractivity contribution in [2.45, 2.75) is 82.4 Å². The van der Waals surface area contributed by atoms with E-state index >= 15 is 0 Å². The average Bonchev–Trinajstić information content (AvgIpc) is 3.55. The van der Waals surface area contributed by atoms with Crippen LogP contribution in [0, 0.1) is 23.7 Å². The summed E-state index contributed by atoms with van der Waals surface area (Å²) in [6, 6.07) is 0. The van der Waals surface area contributed by atoms with E-state index in [1.807, 2.05) is 6.92 Å². The van der Waals surface area contributed by atoms with Crippen LogP contribution >= 0.6 is 0 Å². The van der Waals surface area contributed by atoms with Crippen LogP contribution in [0.3, 0.4) is 0 Å². The molecule has 2 fully saturated rings. The molecule has 0 amide bonds. The molecule has 0 aromatic heterocycles. The van der Waals surface area contributed by atoms with E-state index in [1.165, 1.54) is 6.08 Å². The van der Waals surface area contributed by atoms with Crippen molar-refractivity contribution >= 4 is 23.5 Å². The lowest BCUT2D eigenvalue weighted by atomic mass is 9.81. The van der Waals surface area contributed by atoms with Gasteiger partial charge in [0.1, 0.15) is 36.6 Å². The molecule has 2 aliphatic heterocycles. The number of carbonyl (C=O) groups is 4. The second-order valence-corrected chi connectivity index (χ2v) is 13.8. The maximum atomic E-state index is 13.8. The van der Waals surface area contributed by atoms with Gasteiger partial charge in [-0.2, -0.15) is 0 Å². The van der Waals surface area contributed by atoms with Gasteiger partial charge in [-0.15, -0.1) is 0 Å². The topological polar surface area (TPSA) is 206 Å². The van der Waals surface area contributed by atoms with Gasteiger partial charge in [0.05, 0.1) is 25.7 Å². The van der Waals surface area contributed by atoms with E-state index in [0.29, 0.717) is 47.1 Å². The first-order valence-electron chi connectivity index (χ1n) is 16.5. The normalized spacial score (nSPS) is 37.6. The van der Waals surface area contributed by atoms with Crippen LogP contribution in [0.2, 0.25) is 0 Å². The summed E-state index contributed by atoms with van der Waals surface area (Å²) in [7, 11) is 0. The fourth-order valence-electron chi connectivity index (χ4n) is 8.27. The molecule has 2 heterocycles. The summed E-state index contributed by atoms with van der Waals surface area (Å²) < 4.78 is 23.1. The molecule has 6 rings (SSSR count). The molecule has 13 heteroatoms. The van der Waals surface area contributed by atoms with E-state index in [0.717, 1.165) is 5.57 Å². The molecule has 0 bridgehead atoms. The van der Waals surface area contributed by atoms with Gasteiger partial charge in [-0.25, -0.2) is 9.59 Å². The molecule has 0 aromatic rings. The van der Waals surface area contributed by atoms with Crippen molar-refractivity contribution in [2.75, 3.05) is 19.8 Å². The molecule has 11 atom stereocenters. The largest absolute Gasteiger partial charge is 0.458 e. The van der Waals surface area contributed by atoms with Crippen molar-refractivity contribution in [2.24, 2.45) is 23.7 Å². The van der Waals surface area contributed by atoms with Crippen molar-refractivity contribution < 1.29 is 63.7 Å². The summed E-state index contributed by atoms with van der Waals surface area (Å²) in [4.78, 5) is 52.8. The van der Waals surface area contributed by atoms with Gasteiger partial charge >= 0.3 is 11.9 Å². The van der Waals surface area contributed by atoms with Gasteiger partial charge in [0.25, 0.3) is 0 Å². The summed E-state index contributed by atoms with van der Waals surface area (Å²) >= 11 is 0. The SMILES string of the molecule is C=C(C(=O)O[C@H]1CC(C)=C2C(=O)C=C(CO[C@@H]3O[C@H](CO)[C@@H](O)[C@H](O)[C@H]3O)[C@@H]2[C@H]2OC(=O)C(=C)[C@@H]21)[C@@H]1CCC(CO)=C2C(=O)C=C(C)[C@@H]2C1. The van der Waals surface area contributed by atoms with E-state index in [1.54, 1.807) is 13.0 Å². The molecule has 4 aliphatic carbocycles. The molecular formula is C36H42O13. The lowest BCUT2D eigenvalue weighted by molar-refractivity contribution is -0.299. The Labute approximate surface area is 282 Å². The molecule has 6 aliphatic rings. The molecule has 0 unspecified atom stereocenters. The van der Waals surface area contributed by atoms with E-state index in [2.05, 4.69) is 13.2 Å². The third-order valence-corrected chi connectivity index (χ3v) is 10.9. The Bertz CT molecular complexity index is 1610. The first-order chi connectivity index (χ1) is 23.3. The number of esters is 2. The van der Waals surface area contributed by atoms with Crippen molar-refractivity contribution in [1.82, 2.24) is 0 Å². The molecule has 2 saturated heterocycles. The van der Waals surface area contributed by atoms with Crippen molar-refractivity contribution in [1.29, 1.82) is 0 Å². The van der Waals surface area contributed by atoms with E-state index in [-0.39, 0.29) is 54.2 Å². The molecule has 13 nitrogen and oxygen atoms in total. The van der Waals surface area contributed by atoms with Crippen molar-refractivity contribution in [3.8, 4) is 0 Å². The molecular weight excluding hydrogens is 640 g/mol. The van der Waals surface area contributed by atoms with Crippen molar-refractivity contribution in [3.05, 3.63) is 69.9 Å². The predicted octanol–water partition coefficient (Wildman–Crippen LogP) is 0.448. The Hall–Kier alpha value is -3.56. The van der Waals surface area contributed by atoms with Crippen LogP contribution in [0.1, 0.15) is 39.5 Å². The fourth-order valence-corrected chi connectivity index (χ4v) is 8.27. The minimum Gasteiger partial charge on any atom is -0.458 e. The zero-order valence-electron chi connectivity index (χ0n) is 27.4. The highest BCUT2D eigenvalue weighted by molar-refractivity contribution is 6.10. The molecule has 0 saturated carbocycles. The number of aliphatic hydroxyl groups excluding tert-OH is 5. The highest BCUT2D eigenvalue weighted by Gasteiger charge is 2.55. The van der Waals surface area contributed by atoms with Crippen LogP contribution < -0.4 is 0 Å². The van der Waals surface area contributed by atoms with Crippen molar-refractivity contribution in [3.63, 3.8) is 0 Å². The average molecular weight is 683 g/mol. The zero-order valence-corrected chi connectivity index (χ0v) is 27.4. The summed E-state index contributed by atoms with van der Waals surface area (Å²) in [6.45, 7) is 10.4. The molecule has 5 N–H and O–H groups in total. The smallest absolute Gasteiger partial charge is 0.334 e. The van der Waals surface area contributed by atoms with E-state index < -0.39 is 73.3 Å². The Balaban J connectivity index is 1.20. The Kier molecular flexibility index (Phi) is 9.81. The molecule has 264 valence electrons. The molecule has 49 heavy (non-hydrogen) atoms. The number of hydrogen-bond acceptors (Lipinski definition) is 13. The maximum Gasteiger partial charge on any atom is 0.334 e. The number of allylic oxidation sites excluding steroid dienone is 4. The second-order valence-electron chi connectivity index (χ2n) is 13.8. The first kappa shape index (κ1) is 35.3. The minimum atomic E-state index is -1.66. The van der Waals surface area contributed by atoms with Gasteiger partial charge in [0.2, 0.25) is 0 Å². The van der Waals surface area contributed by atoms with E-state index in [4.69, 9.17) is 18.9 Å². The minimum absolute atomic E-state index is 0.0807. The van der Waals surface area contributed by atoms with Gasteiger partial charge in [-0.1, -0.05) is 24.3 Å². The Morgan fingerprint density at radius 2 is 1.73 bits per heavy atom. The van der Waals surface area contributed by atoms with Gasteiger partial charge in [0, 0.05) is 40.5 Å². The number of fused-ring (bicyclic) bond motifs is 4. The van der Waals surface area contributed by atoms with Crippen LogP contribution in [0.4, 0.5) is 0 Å². The summed E-state index contributed by atoms with van der Waals surface area (Å²) in [5.41, 5.74) is 3.75. The lowest BCUT2D eigenvalue weighted by Crippen LogP contribution is -2.59. The number of ketones is 2. The van der Waals surface area contributed by atoms with E-state index in [9.17, 15) is 44.7 Å². The van der Waals surface area contributed by atoms with Crippen LogP contribution in [0.25, 0.3) is 0 Å². The standard InChI is InChI=1S/C36H42O13/c1-14-7-22(39)28-19(11-37)6-5-18(9-21(14)28)16(3)34(44)47-24-8-15(2)26-23(40)10-20(29(26)33-27(24)17(4)35(45)49-33)13-46-36-32(43)31(42)30(41)25(12-38)48-36/h7,10,18,21,24-25,27,29-33,36-38,41-43H,3-6,8-9,11-13H2,1-2H3/t18-,21+,24+,25-,27-,29+,30-,31+,32-,33+,36-/m1/s1. The van der Waals surface area contributed by atoms with Crippen LogP contribution in [0.15, 0.2) is 69.9 Å². The lowest BCUT2D eigenvalue weighted by Gasteiger charge is -2.39. The predicted molar refractivity (Wildman–Crippen MR) is 169 cm³/mol. The van der Waals surface area contributed by atoms with Crippen LogP contribution in [-0.4, -0.2) is 112 Å². The summed E-state index contributed by atoms with van der Waals surface area (Å²) in [6.07, 6.45) is -5.07. The first-order valence-corrected chi connectivity index (χ1v) is 16.5. The van der Waals surface area contributed by atoms with Gasteiger partial charge < -0.3 is 44.5 Å². The van der Waals surface area contributed by atoms with Gasteiger partial charge in [-0.05, 0) is 62.3 Å². The fraction of sp³-hybridized carbons (Fsp3) is 0.556. The molecule has 0 aromatic carbocycles. The van der Waals surface area contributed by atoms with Crippen LogP contribution in [0.5, 0.6) is 0 Å². The quantitative estimate of drug-likeness (QED) is 0.174. The number of hydrogen-bond donors (Lipinski definition) is 5. The highest BCUT2D eigenvalue weighted by Crippen LogP contribution is 2.49. The third-order valence-electron chi connectivity index (χ3n) is 10.9. The zero-order chi connectivity index (χ0) is 35.5. The van der Waals surface area contributed by atoms with Gasteiger partial charge in [-0.3, -0.25) is 9.59 Å². The number of aliphatic hydroxyl groups is 5. The number of rotatable bonds is 8.